The lowest BCUT2D eigenvalue weighted by Crippen LogP contribution is -2.20. The van der Waals surface area contributed by atoms with E-state index in [1.807, 2.05) is 44.2 Å². The van der Waals surface area contributed by atoms with Crippen LogP contribution in [0.5, 0.6) is 5.75 Å². The maximum absolute atomic E-state index is 12.1. The molecule has 0 bridgehead atoms. The Morgan fingerprint density at radius 1 is 0.897 bits per heavy atom. The summed E-state index contributed by atoms with van der Waals surface area (Å²) in [4.78, 5) is 23.8. The van der Waals surface area contributed by atoms with E-state index in [0.29, 0.717) is 38.3 Å². The Kier molecular flexibility index (Phi) is 10.5. The highest BCUT2D eigenvalue weighted by molar-refractivity contribution is 5.89. The number of carbonyl (C=O) groups is 2. The van der Waals surface area contributed by atoms with E-state index in [1.165, 1.54) is 12.7 Å². The summed E-state index contributed by atoms with van der Waals surface area (Å²) in [6, 6.07) is 19.4. The molecule has 0 atom stereocenters. The van der Waals surface area contributed by atoms with Gasteiger partial charge in [0.1, 0.15) is 12.4 Å². The third-order valence-corrected chi connectivity index (χ3v) is 6.21. The summed E-state index contributed by atoms with van der Waals surface area (Å²) >= 11 is 0. The molecule has 0 saturated heterocycles. The molecule has 0 aliphatic rings. The van der Waals surface area contributed by atoms with Crippen molar-refractivity contribution in [2.24, 2.45) is 0 Å². The van der Waals surface area contributed by atoms with Crippen molar-refractivity contribution in [1.82, 2.24) is 5.32 Å². The van der Waals surface area contributed by atoms with E-state index >= 15 is 0 Å². The molecule has 1 amide bonds. The molecule has 0 unspecified atom stereocenters. The Morgan fingerprint density at radius 3 is 2.23 bits per heavy atom. The van der Waals surface area contributed by atoms with Crippen LogP contribution in [0.15, 0.2) is 60.7 Å². The fraction of sp³-hybridized carbons (Fsp3) is 0.375. The Hall–Kier alpha value is -3.84. The van der Waals surface area contributed by atoms with Crippen molar-refractivity contribution < 1.29 is 23.8 Å². The Morgan fingerprint density at radius 2 is 1.59 bits per heavy atom. The zero-order valence-electron chi connectivity index (χ0n) is 23.9. The number of anilines is 1. The molecule has 0 fully saturated rings. The van der Waals surface area contributed by atoms with Crippen molar-refractivity contribution in [3.05, 3.63) is 94.0 Å². The summed E-state index contributed by atoms with van der Waals surface area (Å²) < 4.78 is 16.3. The quantitative estimate of drug-likeness (QED) is 0.211. The van der Waals surface area contributed by atoms with E-state index in [2.05, 4.69) is 49.6 Å². The van der Waals surface area contributed by atoms with Gasteiger partial charge in [-0.25, -0.2) is 9.59 Å². The number of hydrogen-bond donors (Lipinski definition) is 2. The van der Waals surface area contributed by atoms with Crippen molar-refractivity contribution >= 4 is 17.7 Å². The molecule has 0 aromatic heterocycles. The molecular weight excluding hydrogens is 492 g/mol. The molecule has 3 aromatic carbocycles. The van der Waals surface area contributed by atoms with Gasteiger partial charge in [-0.1, -0.05) is 51.1 Å². The predicted octanol–water partition coefficient (Wildman–Crippen LogP) is 6.69. The first-order chi connectivity index (χ1) is 18.5. The summed E-state index contributed by atoms with van der Waals surface area (Å²) in [5, 5.41) is 6.23. The van der Waals surface area contributed by atoms with Crippen LogP contribution in [-0.2, 0) is 28.0 Å². The molecule has 0 spiro atoms. The van der Waals surface area contributed by atoms with Gasteiger partial charge < -0.3 is 19.5 Å². The monoisotopic (exact) mass is 532 g/mol. The molecular formula is C32H40N2O5. The van der Waals surface area contributed by atoms with E-state index in [4.69, 9.17) is 14.2 Å². The van der Waals surface area contributed by atoms with Gasteiger partial charge in [0, 0.05) is 17.8 Å². The molecule has 2 N–H and O–H groups in total. The van der Waals surface area contributed by atoms with Crippen LogP contribution in [0.2, 0.25) is 0 Å². The lowest BCUT2D eigenvalue weighted by molar-refractivity contribution is 0.0600. The van der Waals surface area contributed by atoms with Gasteiger partial charge in [0.15, 0.2) is 0 Å². The number of carbonyl (C=O) groups excluding carboxylic acids is 2. The zero-order valence-corrected chi connectivity index (χ0v) is 23.9. The molecule has 0 heterocycles. The fourth-order valence-corrected chi connectivity index (χ4v) is 4.13. The van der Waals surface area contributed by atoms with Crippen LogP contribution in [0.3, 0.4) is 0 Å². The molecule has 0 aliphatic carbocycles. The zero-order chi connectivity index (χ0) is 28.4. The van der Waals surface area contributed by atoms with E-state index < -0.39 is 6.09 Å². The van der Waals surface area contributed by atoms with Crippen molar-refractivity contribution in [2.75, 3.05) is 25.6 Å². The van der Waals surface area contributed by atoms with Crippen LogP contribution in [-0.4, -0.2) is 32.3 Å². The van der Waals surface area contributed by atoms with Crippen LogP contribution in [0.4, 0.5) is 10.5 Å². The maximum Gasteiger partial charge on any atom is 0.411 e. The lowest BCUT2D eigenvalue weighted by atomic mass is 9.86. The highest BCUT2D eigenvalue weighted by atomic mass is 16.5. The van der Waals surface area contributed by atoms with Crippen LogP contribution in [0, 0.1) is 13.8 Å². The van der Waals surface area contributed by atoms with Crippen molar-refractivity contribution in [1.29, 1.82) is 0 Å². The van der Waals surface area contributed by atoms with Crippen LogP contribution in [0.25, 0.3) is 0 Å². The number of aryl methyl sites for hydroxylation is 2. The Balaban J connectivity index is 1.51. The summed E-state index contributed by atoms with van der Waals surface area (Å²) in [5.41, 5.74) is 6.66. The first kappa shape index (κ1) is 29.7. The summed E-state index contributed by atoms with van der Waals surface area (Å²) in [6.45, 7) is 12.5. The van der Waals surface area contributed by atoms with Crippen LogP contribution in [0.1, 0.15) is 65.4 Å². The number of amides is 1. The number of benzene rings is 3. The first-order valence-corrected chi connectivity index (χ1v) is 13.2. The Labute approximate surface area is 231 Å². The van der Waals surface area contributed by atoms with Crippen molar-refractivity contribution in [2.45, 2.75) is 59.6 Å². The van der Waals surface area contributed by atoms with Crippen molar-refractivity contribution in [3.8, 4) is 5.75 Å². The van der Waals surface area contributed by atoms with Gasteiger partial charge in [-0.3, -0.25) is 5.32 Å². The minimum atomic E-state index is -0.451. The number of ether oxygens (including phenoxy) is 3. The number of hydrogen-bond acceptors (Lipinski definition) is 6. The number of rotatable bonds is 11. The van der Waals surface area contributed by atoms with Crippen LogP contribution < -0.4 is 15.4 Å². The van der Waals surface area contributed by atoms with Gasteiger partial charge in [-0.05, 0) is 84.8 Å². The van der Waals surface area contributed by atoms with E-state index in [0.717, 1.165) is 33.7 Å². The van der Waals surface area contributed by atoms with E-state index in [-0.39, 0.29) is 11.4 Å². The van der Waals surface area contributed by atoms with Gasteiger partial charge >= 0.3 is 12.1 Å². The second-order valence-corrected chi connectivity index (χ2v) is 10.7. The third kappa shape index (κ3) is 9.45. The maximum atomic E-state index is 12.1. The number of esters is 1. The second kappa shape index (κ2) is 13.8. The van der Waals surface area contributed by atoms with Crippen LogP contribution >= 0.6 is 0 Å². The second-order valence-electron chi connectivity index (χ2n) is 10.7. The highest BCUT2D eigenvalue weighted by Crippen LogP contribution is 2.28. The summed E-state index contributed by atoms with van der Waals surface area (Å²) in [7, 11) is 1.37. The standard InChI is InChI=1S/C32H40N2O5/c1-22-16-23(2)18-28(17-22)34-31(36)38-15-7-14-33-20-26-19-27(32(3,4)5)12-13-29(26)39-21-24-8-10-25(11-9-24)30(35)37-6/h8-13,16-19,33H,7,14-15,20-21H2,1-6H3,(H,34,36). The molecule has 39 heavy (non-hydrogen) atoms. The van der Waals surface area contributed by atoms with Gasteiger partial charge in [-0.15, -0.1) is 0 Å². The molecule has 208 valence electrons. The topological polar surface area (TPSA) is 85.9 Å². The normalized spacial score (nSPS) is 11.1. The third-order valence-electron chi connectivity index (χ3n) is 6.21. The van der Waals surface area contributed by atoms with E-state index in [1.54, 1.807) is 12.1 Å². The highest BCUT2D eigenvalue weighted by Gasteiger charge is 2.16. The lowest BCUT2D eigenvalue weighted by Gasteiger charge is -2.22. The summed E-state index contributed by atoms with van der Waals surface area (Å²) in [5.74, 6) is 0.442. The van der Waals surface area contributed by atoms with Gasteiger partial charge in [0.05, 0.1) is 19.3 Å². The molecule has 7 heteroatoms. The van der Waals surface area contributed by atoms with Gasteiger partial charge in [-0.2, -0.15) is 0 Å². The minimum Gasteiger partial charge on any atom is -0.489 e. The van der Waals surface area contributed by atoms with Crippen molar-refractivity contribution in [3.63, 3.8) is 0 Å². The number of nitrogens with one attached hydrogen (secondary N) is 2. The average Bonchev–Trinajstić information content (AvgIpc) is 2.88. The molecule has 0 aliphatic heterocycles. The molecule has 7 nitrogen and oxygen atoms in total. The molecule has 3 rings (SSSR count). The molecule has 0 radical (unpaired) electrons. The SMILES string of the molecule is COC(=O)c1ccc(COc2ccc(C(C)(C)C)cc2CNCCCOC(=O)Nc2cc(C)cc(C)c2)cc1. The number of methoxy groups -OCH3 is 1. The van der Waals surface area contributed by atoms with E-state index in [9.17, 15) is 9.59 Å². The summed E-state index contributed by atoms with van der Waals surface area (Å²) in [6.07, 6.45) is 0.232. The average molecular weight is 533 g/mol. The van der Waals surface area contributed by atoms with Gasteiger partial charge in [0.2, 0.25) is 0 Å². The molecule has 3 aromatic rings. The fourth-order valence-electron chi connectivity index (χ4n) is 4.13. The first-order valence-electron chi connectivity index (χ1n) is 13.2. The van der Waals surface area contributed by atoms with Gasteiger partial charge in [0.25, 0.3) is 0 Å². The largest absolute Gasteiger partial charge is 0.489 e. The predicted molar refractivity (Wildman–Crippen MR) is 154 cm³/mol. The molecule has 0 saturated carbocycles. The Bertz CT molecular complexity index is 1240. The smallest absolute Gasteiger partial charge is 0.411 e. The minimum absolute atomic E-state index is 0.00797.